The van der Waals surface area contributed by atoms with Gasteiger partial charge >= 0.3 is 0 Å². The molecular formula is C18H21N3O. The lowest BCUT2D eigenvalue weighted by atomic mass is 10.1. The van der Waals surface area contributed by atoms with Gasteiger partial charge in [-0.05, 0) is 55.7 Å². The Kier molecular flexibility index (Phi) is 4.37. The molecule has 1 aliphatic heterocycles. The quantitative estimate of drug-likeness (QED) is 0.641. The summed E-state index contributed by atoms with van der Waals surface area (Å²) in [5.41, 5.74) is 2.87. The van der Waals surface area contributed by atoms with Crippen molar-refractivity contribution < 1.29 is 4.79 Å². The Hall–Kier alpha value is -2.36. The van der Waals surface area contributed by atoms with Crippen molar-refractivity contribution in [2.75, 3.05) is 18.0 Å². The van der Waals surface area contributed by atoms with Crippen LogP contribution in [0.1, 0.15) is 35.2 Å². The monoisotopic (exact) mass is 295 g/mol. The van der Waals surface area contributed by atoms with E-state index in [1.807, 2.05) is 25.4 Å². The molecule has 2 heterocycles. The topological polar surface area (TPSA) is 38.1 Å². The lowest BCUT2D eigenvalue weighted by molar-refractivity contribution is 0.104. The number of piperidine rings is 1. The zero-order chi connectivity index (χ0) is 15.4. The van der Waals surface area contributed by atoms with Crippen molar-refractivity contribution in [1.29, 1.82) is 0 Å². The molecule has 114 valence electrons. The fourth-order valence-corrected chi connectivity index (χ4v) is 2.78. The summed E-state index contributed by atoms with van der Waals surface area (Å²) in [7, 11) is 1.86. The Morgan fingerprint density at radius 1 is 1.14 bits per heavy atom. The van der Waals surface area contributed by atoms with Crippen molar-refractivity contribution in [3.05, 3.63) is 53.9 Å². The first kappa shape index (κ1) is 14.6. The van der Waals surface area contributed by atoms with Gasteiger partial charge in [0.15, 0.2) is 5.78 Å². The number of allylic oxidation sites excluding steroid dienone is 1. The van der Waals surface area contributed by atoms with Gasteiger partial charge in [-0.15, -0.1) is 0 Å². The summed E-state index contributed by atoms with van der Waals surface area (Å²) in [6, 6.07) is 7.94. The summed E-state index contributed by atoms with van der Waals surface area (Å²) in [5, 5.41) is 4.08. The minimum Gasteiger partial charge on any atom is -0.372 e. The predicted octanol–water partition coefficient (Wildman–Crippen LogP) is 3.31. The Balaban J connectivity index is 1.66. The third-order valence-electron chi connectivity index (χ3n) is 4.03. The molecule has 4 nitrogen and oxygen atoms in total. The highest BCUT2D eigenvalue weighted by Gasteiger charge is 2.11. The maximum Gasteiger partial charge on any atom is 0.185 e. The van der Waals surface area contributed by atoms with E-state index in [2.05, 4.69) is 22.1 Å². The normalized spacial score (nSPS) is 15.4. The third-order valence-corrected chi connectivity index (χ3v) is 4.03. The Bertz CT molecular complexity index is 664. The summed E-state index contributed by atoms with van der Waals surface area (Å²) in [6.45, 7) is 2.24. The van der Waals surface area contributed by atoms with Gasteiger partial charge < -0.3 is 4.90 Å². The molecule has 0 spiro atoms. The number of anilines is 1. The SMILES string of the molecule is Cn1cc(C=CC(=O)c2ccc(N3CCCCC3)cc2)cn1. The van der Waals surface area contributed by atoms with Gasteiger partial charge in [-0.2, -0.15) is 5.10 Å². The van der Waals surface area contributed by atoms with Gasteiger partial charge in [0.25, 0.3) is 0 Å². The fraction of sp³-hybridized carbons (Fsp3) is 0.333. The first-order chi connectivity index (χ1) is 10.7. The fourth-order valence-electron chi connectivity index (χ4n) is 2.78. The summed E-state index contributed by atoms with van der Waals surface area (Å²) < 4.78 is 1.72. The van der Waals surface area contributed by atoms with E-state index in [9.17, 15) is 4.79 Å². The highest BCUT2D eigenvalue weighted by atomic mass is 16.1. The first-order valence-electron chi connectivity index (χ1n) is 7.78. The van der Waals surface area contributed by atoms with Crippen LogP contribution in [0.5, 0.6) is 0 Å². The average molecular weight is 295 g/mol. The molecule has 0 unspecified atom stereocenters. The van der Waals surface area contributed by atoms with Gasteiger partial charge in [-0.25, -0.2) is 0 Å². The van der Waals surface area contributed by atoms with E-state index in [1.54, 1.807) is 23.0 Å². The van der Waals surface area contributed by atoms with E-state index in [-0.39, 0.29) is 5.78 Å². The predicted molar refractivity (Wildman–Crippen MR) is 89.1 cm³/mol. The molecule has 3 rings (SSSR count). The van der Waals surface area contributed by atoms with E-state index in [0.29, 0.717) is 0 Å². The Morgan fingerprint density at radius 3 is 2.50 bits per heavy atom. The third kappa shape index (κ3) is 3.45. The number of carbonyl (C=O) groups excluding carboxylic acids is 1. The van der Waals surface area contributed by atoms with Gasteiger partial charge in [0, 0.05) is 43.1 Å². The van der Waals surface area contributed by atoms with E-state index in [0.717, 1.165) is 24.2 Å². The smallest absolute Gasteiger partial charge is 0.185 e. The molecular weight excluding hydrogens is 274 g/mol. The number of hydrogen-bond acceptors (Lipinski definition) is 3. The van der Waals surface area contributed by atoms with Crippen molar-refractivity contribution in [2.45, 2.75) is 19.3 Å². The lowest BCUT2D eigenvalue weighted by Gasteiger charge is -2.28. The van der Waals surface area contributed by atoms with Crippen molar-refractivity contribution in [3.63, 3.8) is 0 Å². The minimum atomic E-state index is 0.0223. The van der Waals surface area contributed by atoms with Crippen LogP contribution in [0.2, 0.25) is 0 Å². The number of carbonyl (C=O) groups is 1. The van der Waals surface area contributed by atoms with Crippen LogP contribution in [-0.2, 0) is 7.05 Å². The summed E-state index contributed by atoms with van der Waals surface area (Å²) >= 11 is 0. The molecule has 1 saturated heterocycles. The zero-order valence-corrected chi connectivity index (χ0v) is 12.9. The number of benzene rings is 1. The van der Waals surface area contributed by atoms with E-state index in [4.69, 9.17) is 0 Å². The summed E-state index contributed by atoms with van der Waals surface area (Å²) in [5.74, 6) is 0.0223. The first-order valence-corrected chi connectivity index (χ1v) is 7.78. The maximum atomic E-state index is 12.2. The van der Waals surface area contributed by atoms with E-state index >= 15 is 0 Å². The van der Waals surface area contributed by atoms with E-state index < -0.39 is 0 Å². The maximum absolute atomic E-state index is 12.2. The number of rotatable bonds is 4. The van der Waals surface area contributed by atoms with Crippen molar-refractivity contribution in [2.24, 2.45) is 7.05 Å². The molecule has 0 atom stereocenters. The molecule has 0 N–H and O–H groups in total. The van der Waals surface area contributed by atoms with Crippen LogP contribution < -0.4 is 4.90 Å². The van der Waals surface area contributed by atoms with Gasteiger partial charge in [0.2, 0.25) is 0 Å². The van der Waals surface area contributed by atoms with Gasteiger partial charge in [-0.3, -0.25) is 9.48 Å². The molecule has 0 aliphatic carbocycles. The van der Waals surface area contributed by atoms with Crippen molar-refractivity contribution in [1.82, 2.24) is 9.78 Å². The number of nitrogens with zero attached hydrogens (tertiary/aromatic N) is 3. The Labute approximate surface area is 131 Å². The van der Waals surface area contributed by atoms with Crippen LogP contribution >= 0.6 is 0 Å². The molecule has 1 fully saturated rings. The molecule has 1 aromatic carbocycles. The van der Waals surface area contributed by atoms with Crippen LogP contribution in [0.4, 0.5) is 5.69 Å². The average Bonchev–Trinajstić information content (AvgIpc) is 2.99. The molecule has 1 aromatic heterocycles. The number of ketones is 1. The molecule has 2 aromatic rings. The van der Waals surface area contributed by atoms with E-state index in [1.165, 1.54) is 24.9 Å². The van der Waals surface area contributed by atoms with Crippen LogP contribution in [0.15, 0.2) is 42.7 Å². The molecule has 1 aliphatic rings. The largest absolute Gasteiger partial charge is 0.372 e. The second-order valence-electron chi connectivity index (χ2n) is 5.74. The van der Waals surface area contributed by atoms with Gasteiger partial charge in [0.05, 0.1) is 6.20 Å². The van der Waals surface area contributed by atoms with Crippen LogP contribution in [0.25, 0.3) is 6.08 Å². The molecule has 0 saturated carbocycles. The molecule has 4 heteroatoms. The van der Waals surface area contributed by atoms with Gasteiger partial charge in [0.1, 0.15) is 0 Å². The highest BCUT2D eigenvalue weighted by molar-refractivity contribution is 6.06. The summed E-state index contributed by atoms with van der Waals surface area (Å²) in [4.78, 5) is 14.6. The molecule has 0 amide bonds. The standard InChI is InChI=1S/C18H21N3O/c1-20-14-15(13-19-20)5-10-18(22)16-6-8-17(9-7-16)21-11-3-2-4-12-21/h5-10,13-14H,2-4,11-12H2,1H3. The number of aromatic nitrogens is 2. The molecule has 0 radical (unpaired) electrons. The lowest BCUT2D eigenvalue weighted by Crippen LogP contribution is -2.29. The van der Waals surface area contributed by atoms with Crippen molar-refractivity contribution >= 4 is 17.5 Å². The Morgan fingerprint density at radius 2 is 1.86 bits per heavy atom. The molecule has 0 bridgehead atoms. The molecule has 22 heavy (non-hydrogen) atoms. The van der Waals surface area contributed by atoms with Crippen LogP contribution in [-0.4, -0.2) is 28.7 Å². The van der Waals surface area contributed by atoms with Gasteiger partial charge in [-0.1, -0.05) is 0 Å². The minimum absolute atomic E-state index is 0.0223. The van der Waals surface area contributed by atoms with Crippen LogP contribution in [0, 0.1) is 0 Å². The second-order valence-corrected chi connectivity index (χ2v) is 5.74. The number of aryl methyl sites for hydroxylation is 1. The highest BCUT2D eigenvalue weighted by Crippen LogP contribution is 2.20. The second kappa shape index (κ2) is 6.60. The van der Waals surface area contributed by atoms with Crippen molar-refractivity contribution in [3.8, 4) is 0 Å². The summed E-state index contributed by atoms with van der Waals surface area (Å²) in [6.07, 6.45) is 10.9. The van der Waals surface area contributed by atoms with Crippen LogP contribution in [0.3, 0.4) is 0 Å². The zero-order valence-electron chi connectivity index (χ0n) is 12.9. The number of hydrogen-bond donors (Lipinski definition) is 0.